The highest BCUT2D eigenvalue weighted by molar-refractivity contribution is 7.89. The molecule has 0 heterocycles. The highest BCUT2D eigenvalue weighted by atomic mass is 32.2. The van der Waals surface area contributed by atoms with Crippen LogP contribution in [-0.4, -0.2) is 28.0 Å². The fourth-order valence-corrected chi connectivity index (χ4v) is 2.78. The molecule has 0 aromatic heterocycles. The van der Waals surface area contributed by atoms with E-state index in [1.165, 1.54) is 12.1 Å². The SMILES string of the molecule is CCNC(=NCc1cccc(OC)c1)NCc1ccc(S(N)(=O)=O)cc1. The molecule has 2 aromatic carbocycles. The number of nitrogens with two attached hydrogens (primary N) is 1. The third kappa shape index (κ3) is 6.05. The van der Waals surface area contributed by atoms with Crippen molar-refractivity contribution in [2.45, 2.75) is 24.9 Å². The number of hydrogen-bond acceptors (Lipinski definition) is 4. The standard InChI is InChI=1S/C18H24N4O3S/c1-3-20-18(22-13-15-5-4-6-16(11-15)25-2)21-12-14-7-9-17(10-8-14)26(19,23)24/h4-11H,3,12-13H2,1-2H3,(H2,19,23,24)(H2,20,21,22). The summed E-state index contributed by atoms with van der Waals surface area (Å²) in [5.74, 6) is 1.47. The van der Waals surface area contributed by atoms with Crippen LogP contribution in [0.5, 0.6) is 5.75 Å². The van der Waals surface area contributed by atoms with E-state index in [1.807, 2.05) is 31.2 Å². The molecule has 0 fully saturated rings. The maximum atomic E-state index is 11.3. The highest BCUT2D eigenvalue weighted by Gasteiger charge is 2.07. The van der Waals surface area contributed by atoms with Crippen LogP contribution >= 0.6 is 0 Å². The molecule has 2 rings (SSSR count). The van der Waals surface area contributed by atoms with Gasteiger partial charge in [0.2, 0.25) is 10.0 Å². The van der Waals surface area contributed by atoms with Crippen LogP contribution in [0.4, 0.5) is 0 Å². The zero-order valence-electron chi connectivity index (χ0n) is 14.9. The lowest BCUT2D eigenvalue weighted by Gasteiger charge is -2.12. The maximum Gasteiger partial charge on any atom is 0.238 e. The zero-order chi connectivity index (χ0) is 19.0. The van der Waals surface area contributed by atoms with Crippen LogP contribution in [0, 0.1) is 0 Å². The number of nitrogens with one attached hydrogen (secondary N) is 2. The third-order valence-corrected chi connectivity index (χ3v) is 4.54. The molecule has 0 atom stereocenters. The molecule has 4 N–H and O–H groups in total. The molecule has 0 aliphatic carbocycles. The third-order valence-electron chi connectivity index (χ3n) is 3.61. The van der Waals surface area contributed by atoms with E-state index in [2.05, 4.69) is 15.6 Å². The Labute approximate surface area is 154 Å². The number of methoxy groups -OCH3 is 1. The molecule has 0 saturated carbocycles. The van der Waals surface area contributed by atoms with Gasteiger partial charge in [0.15, 0.2) is 5.96 Å². The number of primary sulfonamides is 1. The fraction of sp³-hybridized carbons (Fsp3) is 0.278. The molecule has 0 spiro atoms. The molecule has 140 valence electrons. The first kappa shape index (κ1) is 19.7. The van der Waals surface area contributed by atoms with Crippen molar-refractivity contribution in [2.24, 2.45) is 10.1 Å². The van der Waals surface area contributed by atoms with Gasteiger partial charge in [-0.15, -0.1) is 0 Å². The lowest BCUT2D eigenvalue weighted by Crippen LogP contribution is -2.36. The average molecular weight is 376 g/mol. The Bertz CT molecular complexity index is 849. The predicted molar refractivity (Wildman–Crippen MR) is 102 cm³/mol. The average Bonchev–Trinajstić information content (AvgIpc) is 2.64. The van der Waals surface area contributed by atoms with Gasteiger partial charge in [-0.2, -0.15) is 0 Å². The summed E-state index contributed by atoms with van der Waals surface area (Å²) in [7, 11) is -2.04. The Balaban J connectivity index is 2.00. The lowest BCUT2D eigenvalue weighted by atomic mass is 10.2. The topological polar surface area (TPSA) is 106 Å². The first-order chi connectivity index (χ1) is 12.4. The van der Waals surface area contributed by atoms with E-state index in [0.717, 1.165) is 23.4 Å². The van der Waals surface area contributed by atoms with Crippen LogP contribution < -0.4 is 20.5 Å². The molecule has 0 amide bonds. The summed E-state index contributed by atoms with van der Waals surface area (Å²) in [5, 5.41) is 11.5. The van der Waals surface area contributed by atoms with E-state index in [1.54, 1.807) is 19.2 Å². The number of sulfonamides is 1. The molecular formula is C18H24N4O3S. The molecular weight excluding hydrogens is 352 g/mol. The molecule has 0 radical (unpaired) electrons. The number of rotatable bonds is 7. The Kier molecular flexibility index (Phi) is 6.99. The van der Waals surface area contributed by atoms with E-state index in [4.69, 9.17) is 9.88 Å². The monoisotopic (exact) mass is 376 g/mol. The maximum absolute atomic E-state index is 11.3. The first-order valence-electron chi connectivity index (χ1n) is 8.19. The van der Waals surface area contributed by atoms with Crippen LogP contribution in [-0.2, 0) is 23.1 Å². The number of ether oxygens (including phenoxy) is 1. The van der Waals surface area contributed by atoms with Crippen LogP contribution in [0.25, 0.3) is 0 Å². The molecule has 8 heteroatoms. The molecule has 0 bridgehead atoms. The Hall–Kier alpha value is -2.58. The first-order valence-corrected chi connectivity index (χ1v) is 9.74. The summed E-state index contributed by atoms with van der Waals surface area (Å²) >= 11 is 0. The van der Waals surface area contributed by atoms with Crippen LogP contribution in [0.15, 0.2) is 58.4 Å². The Morgan fingerprint density at radius 3 is 2.46 bits per heavy atom. The molecule has 0 saturated heterocycles. The quantitative estimate of drug-likeness (QED) is 0.503. The van der Waals surface area contributed by atoms with E-state index in [-0.39, 0.29) is 4.90 Å². The highest BCUT2D eigenvalue weighted by Crippen LogP contribution is 2.13. The molecule has 26 heavy (non-hydrogen) atoms. The van der Waals surface area contributed by atoms with Gasteiger partial charge in [-0.1, -0.05) is 24.3 Å². The van der Waals surface area contributed by atoms with E-state index < -0.39 is 10.0 Å². The lowest BCUT2D eigenvalue weighted by molar-refractivity contribution is 0.414. The van der Waals surface area contributed by atoms with Crippen molar-refractivity contribution < 1.29 is 13.2 Å². The molecule has 0 unspecified atom stereocenters. The van der Waals surface area contributed by atoms with Crippen molar-refractivity contribution in [3.63, 3.8) is 0 Å². The minimum Gasteiger partial charge on any atom is -0.497 e. The van der Waals surface area contributed by atoms with Crippen molar-refractivity contribution in [1.82, 2.24) is 10.6 Å². The van der Waals surface area contributed by atoms with Gasteiger partial charge in [-0.3, -0.25) is 0 Å². The van der Waals surface area contributed by atoms with Gasteiger partial charge in [0.25, 0.3) is 0 Å². The number of benzene rings is 2. The van der Waals surface area contributed by atoms with Crippen LogP contribution in [0.3, 0.4) is 0 Å². The summed E-state index contributed by atoms with van der Waals surface area (Å²) in [4.78, 5) is 4.65. The summed E-state index contributed by atoms with van der Waals surface area (Å²) in [6, 6.07) is 14.2. The number of aliphatic imine (C=N–C) groups is 1. The second-order valence-corrected chi connectivity index (χ2v) is 7.15. The Morgan fingerprint density at radius 2 is 1.85 bits per heavy atom. The van der Waals surface area contributed by atoms with Gasteiger partial charge in [0.05, 0.1) is 18.6 Å². The summed E-state index contributed by atoms with van der Waals surface area (Å²) in [5.41, 5.74) is 1.96. The fourth-order valence-electron chi connectivity index (χ4n) is 2.27. The largest absolute Gasteiger partial charge is 0.497 e. The number of hydrogen-bond donors (Lipinski definition) is 3. The van der Waals surface area contributed by atoms with Crippen LogP contribution in [0.1, 0.15) is 18.1 Å². The second-order valence-electron chi connectivity index (χ2n) is 5.59. The van der Waals surface area contributed by atoms with Crippen molar-refractivity contribution in [2.75, 3.05) is 13.7 Å². The molecule has 0 aliphatic heterocycles. The van der Waals surface area contributed by atoms with Gasteiger partial charge in [-0.05, 0) is 42.3 Å². The van der Waals surface area contributed by atoms with E-state index in [9.17, 15) is 8.42 Å². The smallest absolute Gasteiger partial charge is 0.238 e. The zero-order valence-corrected chi connectivity index (χ0v) is 15.7. The Morgan fingerprint density at radius 1 is 1.12 bits per heavy atom. The predicted octanol–water partition coefficient (Wildman–Crippen LogP) is 1.60. The van der Waals surface area contributed by atoms with Crippen LogP contribution in [0.2, 0.25) is 0 Å². The molecule has 0 aliphatic rings. The summed E-state index contributed by atoms with van der Waals surface area (Å²) < 4.78 is 27.8. The van der Waals surface area contributed by atoms with Crippen molar-refractivity contribution in [3.8, 4) is 5.75 Å². The van der Waals surface area contributed by atoms with Gasteiger partial charge in [0, 0.05) is 13.1 Å². The van der Waals surface area contributed by atoms with Gasteiger partial charge in [0.1, 0.15) is 5.75 Å². The van der Waals surface area contributed by atoms with E-state index >= 15 is 0 Å². The number of nitrogens with zero attached hydrogens (tertiary/aromatic N) is 1. The molecule has 7 nitrogen and oxygen atoms in total. The van der Waals surface area contributed by atoms with Crippen molar-refractivity contribution in [1.29, 1.82) is 0 Å². The summed E-state index contributed by atoms with van der Waals surface area (Å²) in [6.45, 7) is 3.74. The van der Waals surface area contributed by atoms with Gasteiger partial charge < -0.3 is 15.4 Å². The summed E-state index contributed by atoms with van der Waals surface area (Å²) in [6.07, 6.45) is 0. The van der Waals surface area contributed by atoms with Crippen molar-refractivity contribution >= 4 is 16.0 Å². The van der Waals surface area contributed by atoms with Gasteiger partial charge in [-0.25, -0.2) is 18.5 Å². The second kappa shape index (κ2) is 9.21. The minimum absolute atomic E-state index is 0.0971. The molecule has 2 aromatic rings. The van der Waals surface area contributed by atoms with Crippen molar-refractivity contribution in [3.05, 3.63) is 59.7 Å². The van der Waals surface area contributed by atoms with E-state index in [0.29, 0.717) is 19.0 Å². The number of guanidine groups is 1. The van der Waals surface area contributed by atoms with Gasteiger partial charge >= 0.3 is 0 Å². The normalized spacial score (nSPS) is 11.9. The minimum atomic E-state index is -3.67.